The Bertz CT molecular complexity index is 590. The van der Waals surface area contributed by atoms with Gasteiger partial charge in [-0.15, -0.1) is 0 Å². The Morgan fingerprint density at radius 2 is 2.04 bits per heavy atom. The number of piperidine rings is 1. The second-order valence-electron chi connectivity index (χ2n) is 7.28. The molecule has 1 saturated heterocycles. The van der Waals surface area contributed by atoms with Crippen LogP contribution in [-0.2, 0) is 4.79 Å². The molecule has 23 heavy (non-hydrogen) atoms. The van der Waals surface area contributed by atoms with Crippen molar-refractivity contribution in [1.82, 2.24) is 5.32 Å². The summed E-state index contributed by atoms with van der Waals surface area (Å²) in [6.45, 7) is 0.721. The lowest BCUT2D eigenvalue weighted by molar-refractivity contribution is -0.122. The van der Waals surface area contributed by atoms with E-state index in [1.54, 1.807) is 7.11 Å². The average molecular weight is 315 g/mol. The molecule has 1 amide bonds. The number of hydrogen-bond donors (Lipinski definition) is 1. The zero-order valence-corrected chi connectivity index (χ0v) is 13.7. The molecule has 2 aliphatic carbocycles. The lowest BCUT2D eigenvalue weighted by Crippen LogP contribution is -2.33. The Morgan fingerprint density at radius 1 is 1.13 bits per heavy atom. The van der Waals surface area contributed by atoms with E-state index >= 15 is 0 Å². The third kappa shape index (κ3) is 2.91. The molecule has 3 fully saturated rings. The fourth-order valence-corrected chi connectivity index (χ4v) is 4.55. The van der Waals surface area contributed by atoms with Crippen LogP contribution in [0.15, 0.2) is 18.2 Å². The lowest BCUT2D eigenvalue weighted by atomic mass is 9.91. The highest BCUT2D eigenvalue weighted by molar-refractivity contribution is 5.76. The van der Waals surface area contributed by atoms with Crippen molar-refractivity contribution in [3.05, 3.63) is 23.8 Å². The number of rotatable bonds is 4. The van der Waals surface area contributed by atoms with Gasteiger partial charge in [0.1, 0.15) is 6.10 Å². The van der Waals surface area contributed by atoms with Gasteiger partial charge in [0.25, 0.3) is 0 Å². The number of nitrogens with one attached hydrogen (secondary N) is 1. The van der Waals surface area contributed by atoms with Crippen LogP contribution in [-0.4, -0.2) is 25.7 Å². The molecule has 2 bridgehead atoms. The molecule has 1 aromatic carbocycles. The first-order valence-corrected chi connectivity index (χ1v) is 8.84. The first kappa shape index (κ1) is 14.9. The Kier molecular flexibility index (Phi) is 3.92. The van der Waals surface area contributed by atoms with Crippen LogP contribution >= 0.6 is 0 Å². The highest BCUT2D eigenvalue weighted by Crippen LogP contribution is 2.47. The predicted octanol–water partition coefficient (Wildman–Crippen LogP) is 3.26. The molecule has 1 heterocycles. The molecular weight excluding hydrogens is 290 g/mol. The van der Waals surface area contributed by atoms with Gasteiger partial charge in [-0.05, 0) is 61.6 Å². The van der Waals surface area contributed by atoms with E-state index in [2.05, 4.69) is 17.4 Å². The highest BCUT2D eigenvalue weighted by atomic mass is 16.5. The van der Waals surface area contributed by atoms with Crippen LogP contribution in [0.5, 0.6) is 11.5 Å². The van der Waals surface area contributed by atoms with Gasteiger partial charge in [-0.3, -0.25) is 4.79 Å². The molecule has 4 rings (SSSR count). The van der Waals surface area contributed by atoms with Gasteiger partial charge in [-0.25, -0.2) is 0 Å². The van der Waals surface area contributed by atoms with E-state index in [-0.39, 0.29) is 5.91 Å². The van der Waals surface area contributed by atoms with E-state index in [1.807, 2.05) is 6.07 Å². The highest BCUT2D eigenvalue weighted by Gasteiger charge is 2.41. The van der Waals surface area contributed by atoms with Gasteiger partial charge in [0.15, 0.2) is 11.5 Å². The van der Waals surface area contributed by atoms with Crippen molar-refractivity contribution in [3.63, 3.8) is 0 Å². The standard InChI is InChI=1S/C19H25NO3/c1-22-16-6-4-13(15-5-7-19(21)20-11-15)10-18(16)23-17-9-12-2-3-14(17)8-12/h4,6,10,12,14-15,17H,2-3,5,7-9,11H2,1H3,(H,20,21)/t12-,14+,15?,17+/m1/s1. The smallest absolute Gasteiger partial charge is 0.220 e. The maximum atomic E-state index is 11.4. The first-order valence-electron chi connectivity index (χ1n) is 8.84. The van der Waals surface area contributed by atoms with Crippen LogP contribution in [0.2, 0.25) is 0 Å². The van der Waals surface area contributed by atoms with Crippen molar-refractivity contribution in [3.8, 4) is 11.5 Å². The molecular formula is C19H25NO3. The van der Waals surface area contributed by atoms with E-state index in [9.17, 15) is 4.79 Å². The van der Waals surface area contributed by atoms with Gasteiger partial charge in [0.05, 0.1) is 7.11 Å². The summed E-state index contributed by atoms with van der Waals surface area (Å²) >= 11 is 0. The van der Waals surface area contributed by atoms with Crippen LogP contribution in [0.3, 0.4) is 0 Å². The van der Waals surface area contributed by atoms with Crippen molar-refractivity contribution in [1.29, 1.82) is 0 Å². The maximum absolute atomic E-state index is 11.4. The van der Waals surface area contributed by atoms with E-state index in [0.717, 1.165) is 36.3 Å². The van der Waals surface area contributed by atoms with E-state index in [4.69, 9.17) is 9.47 Å². The Morgan fingerprint density at radius 3 is 2.70 bits per heavy atom. The maximum Gasteiger partial charge on any atom is 0.220 e. The summed E-state index contributed by atoms with van der Waals surface area (Å²) in [7, 11) is 1.70. The minimum atomic E-state index is 0.160. The lowest BCUT2D eigenvalue weighted by Gasteiger charge is -2.26. The fourth-order valence-electron chi connectivity index (χ4n) is 4.55. The fraction of sp³-hybridized carbons (Fsp3) is 0.632. The quantitative estimate of drug-likeness (QED) is 0.928. The number of hydrogen-bond acceptors (Lipinski definition) is 3. The molecule has 3 aliphatic rings. The average Bonchev–Trinajstić information content (AvgIpc) is 3.18. The van der Waals surface area contributed by atoms with Gasteiger partial charge in [-0.1, -0.05) is 6.07 Å². The second kappa shape index (κ2) is 6.06. The van der Waals surface area contributed by atoms with Crippen LogP contribution in [0, 0.1) is 11.8 Å². The van der Waals surface area contributed by atoms with Crippen LogP contribution in [0.25, 0.3) is 0 Å². The molecule has 4 heteroatoms. The summed E-state index contributed by atoms with van der Waals surface area (Å²) < 4.78 is 11.9. The number of benzene rings is 1. The molecule has 0 radical (unpaired) electrons. The number of carbonyl (C=O) groups excluding carboxylic acids is 1. The van der Waals surface area contributed by atoms with Crippen molar-refractivity contribution < 1.29 is 14.3 Å². The molecule has 0 aromatic heterocycles. The van der Waals surface area contributed by atoms with Crippen LogP contribution in [0.4, 0.5) is 0 Å². The molecule has 2 saturated carbocycles. The monoisotopic (exact) mass is 315 g/mol. The summed E-state index contributed by atoms with van der Waals surface area (Å²) in [4.78, 5) is 11.4. The zero-order chi connectivity index (χ0) is 15.8. The van der Waals surface area contributed by atoms with Crippen molar-refractivity contribution >= 4 is 5.91 Å². The first-order chi connectivity index (χ1) is 11.2. The summed E-state index contributed by atoms with van der Waals surface area (Å²) in [5, 5.41) is 2.96. The molecule has 1 aliphatic heterocycles. The largest absolute Gasteiger partial charge is 0.493 e. The second-order valence-corrected chi connectivity index (χ2v) is 7.28. The Balaban J connectivity index is 1.52. The van der Waals surface area contributed by atoms with Gasteiger partial charge in [0.2, 0.25) is 5.91 Å². The van der Waals surface area contributed by atoms with Gasteiger partial charge in [-0.2, -0.15) is 0 Å². The molecule has 4 atom stereocenters. The van der Waals surface area contributed by atoms with Crippen molar-refractivity contribution in [2.45, 2.75) is 50.5 Å². The number of ether oxygens (including phenoxy) is 2. The topological polar surface area (TPSA) is 47.6 Å². The van der Waals surface area contributed by atoms with E-state index in [0.29, 0.717) is 18.4 Å². The summed E-state index contributed by atoms with van der Waals surface area (Å²) in [6, 6.07) is 6.25. The minimum Gasteiger partial charge on any atom is -0.493 e. The van der Waals surface area contributed by atoms with Crippen molar-refractivity contribution in [2.24, 2.45) is 11.8 Å². The molecule has 1 aromatic rings. The number of fused-ring (bicyclic) bond motifs is 2. The molecule has 0 spiro atoms. The molecule has 1 unspecified atom stereocenters. The summed E-state index contributed by atoms with van der Waals surface area (Å²) in [5.41, 5.74) is 1.24. The normalized spacial score (nSPS) is 32.7. The third-order valence-electron chi connectivity index (χ3n) is 5.88. The van der Waals surface area contributed by atoms with Crippen LogP contribution < -0.4 is 14.8 Å². The Hall–Kier alpha value is -1.71. The minimum absolute atomic E-state index is 0.160. The summed E-state index contributed by atoms with van der Waals surface area (Å²) in [5.74, 6) is 3.82. The SMILES string of the molecule is COc1ccc(C2CCC(=O)NC2)cc1O[C@H]1C[C@@H]2CC[C@H]1C2. The van der Waals surface area contributed by atoms with Crippen LogP contribution in [0.1, 0.15) is 50.0 Å². The van der Waals surface area contributed by atoms with Crippen molar-refractivity contribution in [2.75, 3.05) is 13.7 Å². The molecule has 1 N–H and O–H groups in total. The molecule has 4 nitrogen and oxygen atoms in total. The Labute approximate surface area is 137 Å². The number of methoxy groups -OCH3 is 1. The van der Waals surface area contributed by atoms with Gasteiger partial charge in [0, 0.05) is 18.9 Å². The predicted molar refractivity (Wildman–Crippen MR) is 87.8 cm³/mol. The third-order valence-corrected chi connectivity index (χ3v) is 5.88. The molecule has 124 valence electrons. The van der Waals surface area contributed by atoms with Gasteiger partial charge >= 0.3 is 0 Å². The van der Waals surface area contributed by atoms with E-state index in [1.165, 1.54) is 31.2 Å². The number of amides is 1. The zero-order valence-electron chi connectivity index (χ0n) is 13.7. The summed E-state index contributed by atoms with van der Waals surface area (Å²) in [6.07, 6.45) is 7.09. The van der Waals surface area contributed by atoms with Gasteiger partial charge < -0.3 is 14.8 Å². The van der Waals surface area contributed by atoms with E-state index < -0.39 is 0 Å². The number of carbonyl (C=O) groups is 1.